The molecule has 0 aliphatic heterocycles. The van der Waals surface area contributed by atoms with Crippen molar-refractivity contribution in [1.82, 2.24) is 21.2 Å². The van der Waals surface area contributed by atoms with E-state index in [0.29, 0.717) is 15.6 Å². The molecule has 0 spiro atoms. The molecule has 0 saturated carbocycles. The highest BCUT2D eigenvalue weighted by molar-refractivity contribution is 6.36. The van der Waals surface area contributed by atoms with Crippen LogP contribution in [0.2, 0.25) is 10.0 Å². The lowest BCUT2D eigenvalue weighted by Gasteiger charge is -2.19. The first-order chi connectivity index (χ1) is 13.1. The van der Waals surface area contributed by atoms with Gasteiger partial charge in [0.25, 0.3) is 0 Å². The minimum absolute atomic E-state index is 0.0196. The van der Waals surface area contributed by atoms with Crippen LogP contribution in [0.3, 0.4) is 0 Å². The highest BCUT2D eigenvalue weighted by atomic mass is 35.5. The van der Waals surface area contributed by atoms with Gasteiger partial charge in [-0.25, -0.2) is 0 Å². The number of rotatable bonds is 8. The van der Waals surface area contributed by atoms with Crippen LogP contribution >= 0.6 is 23.2 Å². The van der Waals surface area contributed by atoms with Gasteiger partial charge < -0.3 is 10.5 Å². The van der Waals surface area contributed by atoms with Gasteiger partial charge in [-0.05, 0) is 23.6 Å². The van der Waals surface area contributed by atoms with E-state index in [1.54, 1.807) is 18.2 Å². The molecule has 28 heavy (non-hydrogen) atoms. The monoisotopic (exact) mass is 425 g/mol. The maximum Gasteiger partial charge on any atom is 0.236 e. The maximum absolute atomic E-state index is 12.0. The zero-order chi connectivity index (χ0) is 21.3. The summed E-state index contributed by atoms with van der Waals surface area (Å²) in [5.74, 6) is -1.92. The Bertz CT molecular complexity index is 725. The van der Waals surface area contributed by atoms with E-state index in [2.05, 4.69) is 21.2 Å². The quantitative estimate of drug-likeness (QED) is 0.241. The Balaban J connectivity index is 2.39. The van der Waals surface area contributed by atoms with Crippen molar-refractivity contribution < 1.29 is 14.4 Å². The van der Waals surface area contributed by atoms with Crippen LogP contribution in [0.1, 0.15) is 25.8 Å². The Morgan fingerprint density at radius 1 is 1.11 bits per heavy atom. The molecule has 150 valence electrons. The van der Waals surface area contributed by atoms with E-state index >= 15 is 0 Å². The molecule has 3 amide bonds. The minimum atomic E-state index is -0.572. The fraction of sp³-hybridized carbons (Fsp3) is 0.412. The molecule has 0 aliphatic carbocycles. The molecular weight excluding hydrogens is 404 g/mol. The van der Waals surface area contributed by atoms with Gasteiger partial charge in [0, 0.05) is 23.0 Å². The third kappa shape index (κ3) is 7.88. The molecule has 8 nitrogen and oxygen atoms in total. The first-order valence-corrected chi connectivity index (χ1v) is 9.26. The summed E-state index contributed by atoms with van der Waals surface area (Å²) in [5.41, 5.74) is 0.429. The normalized spacial score (nSPS) is 11.6. The molecule has 1 unspecified atom stereocenters. The zero-order valence-corrected chi connectivity index (χ0v) is 17.1. The first kappa shape index (κ1) is 23.9. The Labute approximate surface area is 175 Å². The number of carbonyl (C=O) groups excluding carboxylic acids is 3. The van der Waals surface area contributed by atoms with Gasteiger partial charge in [-0.15, -0.1) is 0 Å². The van der Waals surface area contributed by atoms with Crippen molar-refractivity contribution in [3.63, 3.8) is 0 Å². The molecule has 0 aromatic heterocycles. The van der Waals surface area contributed by atoms with E-state index in [0.717, 1.165) is 0 Å². The van der Waals surface area contributed by atoms with E-state index in [9.17, 15) is 14.4 Å². The molecule has 0 saturated heterocycles. The fourth-order valence-corrected chi connectivity index (χ4v) is 2.79. The SMILES string of the molecule is [B]NC(C(=O)NCCC(=O)NC(=N)NC(=O)Cc1c(Cl)cccc1Cl)C(C)C. The van der Waals surface area contributed by atoms with Crippen LogP contribution in [-0.4, -0.2) is 44.2 Å². The van der Waals surface area contributed by atoms with Crippen LogP contribution in [0.25, 0.3) is 0 Å². The topological polar surface area (TPSA) is 123 Å². The van der Waals surface area contributed by atoms with Crippen LogP contribution in [-0.2, 0) is 20.8 Å². The van der Waals surface area contributed by atoms with Gasteiger partial charge in [0.2, 0.25) is 23.7 Å². The van der Waals surface area contributed by atoms with E-state index in [4.69, 9.17) is 36.6 Å². The van der Waals surface area contributed by atoms with E-state index < -0.39 is 23.8 Å². The van der Waals surface area contributed by atoms with Gasteiger partial charge in [0.15, 0.2) is 7.98 Å². The first-order valence-electron chi connectivity index (χ1n) is 8.50. The predicted molar refractivity (Wildman–Crippen MR) is 109 cm³/mol. The van der Waals surface area contributed by atoms with Gasteiger partial charge in [0.05, 0.1) is 12.5 Å². The summed E-state index contributed by atoms with van der Waals surface area (Å²) in [5, 5.41) is 17.8. The molecule has 0 heterocycles. The Hall–Kier alpha value is -2.10. The summed E-state index contributed by atoms with van der Waals surface area (Å²) in [7, 11) is 5.32. The molecule has 5 N–H and O–H groups in total. The number of guanidine groups is 1. The Morgan fingerprint density at radius 2 is 1.68 bits per heavy atom. The average molecular weight is 426 g/mol. The average Bonchev–Trinajstić information content (AvgIpc) is 2.58. The van der Waals surface area contributed by atoms with Gasteiger partial charge in [-0.3, -0.25) is 30.4 Å². The third-order valence-corrected chi connectivity index (χ3v) is 4.42. The van der Waals surface area contributed by atoms with E-state index in [1.165, 1.54) is 0 Å². The molecule has 0 bridgehead atoms. The summed E-state index contributed by atoms with van der Waals surface area (Å²) in [4.78, 5) is 35.7. The zero-order valence-electron chi connectivity index (χ0n) is 15.6. The minimum Gasteiger partial charge on any atom is -0.356 e. The fourth-order valence-electron chi connectivity index (χ4n) is 2.26. The summed E-state index contributed by atoms with van der Waals surface area (Å²) < 4.78 is 0. The van der Waals surface area contributed by atoms with Crippen molar-refractivity contribution >= 4 is 54.9 Å². The molecular formula is C17H22BCl2N5O3. The number of nitrogens with one attached hydrogen (secondary N) is 5. The molecule has 0 fully saturated rings. The van der Waals surface area contributed by atoms with Crippen LogP contribution in [0.5, 0.6) is 0 Å². The van der Waals surface area contributed by atoms with E-state index in [1.807, 2.05) is 13.8 Å². The standard InChI is InChI=1S/C17H22BCl2N5O3/c1-9(2)15(25-18)16(28)22-7-6-13(26)23-17(21)24-14(27)8-10-11(19)4-3-5-12(10)20/h3-5,9,15,25H,6-8H2,1-2H3,(H,22,28)(H3,21,23,24,26,27). The second-order valence-corrected chi connectivity index (χ2v) is 7.09. The summed E-state index contributed by atoms with van der Waals surface area (Å²) in [6.07, 6.45) is -0.217. The summed E-state index contributed by atoms with van der Waals surface area (Å²) in [6.45, 7) is 3.72. The lowest BCUT2D eigenvalue weighted by Crippen LogP contribution is -2.48. The number of halogens is 2. The molecule has 2 radical (unpaired) electrons. The Morgan fingerprint density at radius 3 is 2.21 bits per heavy atom. The molecule has 1 rings (SSSR count). The second kappa shape index (κ2) is 11.7. The number of hydrogen-bond donors (Lipinski definition) is 5. The van der Waals surface area contributed by atoms with Gasteiger partial charge in [0.1, 0.15) is 0 Å². The van der Waals surface area contributed by atoms with Crippen LogP contribution < -0.4 is 21.2 Å². The van der Waals surface area contributed by atoms with Crippen molar-refractivity contribution in [3.05, 3.63) is 33.8 Å². The largest absolute Gasteiger partial charge is 0.356 e. The predicted octanol–water partition coefficient (Wildman–Crippen LogP) is 0.907. The van der Waals surface area contributed by atoms with Gasteiger partial charge in [-0.1, -0.05) is 43.1 Å². The van der Waals surface area contributed by atoms with E-state index in [-0.39, 0.29) is 31.2 Å². The maximum atomic E-state index is 12.0. The third-order valence-electron chi connectivity index (χ3n) is 3.71. The van der Waals surface area contributed by atoms with Crippen LogP contribution in [0.4, 0.5) is 0 Å². The Kier molecular flexibility index (Phi) is 9.99. The number of amides is 3. The van der Waals surface area contributed by atoms with Crippen molar-refractivity contribution in [1.29, 1.82) is 5.41 Å². The van der Waals surface area contributed by atoms with Gasteiger partial charge in [-0.2, -0.15) is 0 Å². The molecule has 1 atom stereocenters. The lowest BCUT2D eigenvalue weighted by molar-refractivity contribution is -0.124. The van der Waals surface area contributed by atoms with Crippen LogP contribution in [0, 0.1) is 11.3 Å². The number of hydrogen-bond acceptors (Lipinski definition) is 5. The molecule has 1 aromatic carbocycles. The van der Waals surface area contributed by atoms with Crippen molar-refractivity contribution in [2.24, 2.45) is 5.92 Å². The molecule has 11 heteroatoms. The van der Waals surface area contributed by atoms with Gasteiger partial charge >= 0.3 is 0 Å². The van der Waals surface area contributed by atoms with Crippen molar-refractivity contribution in [3.8, 4) is 0 Å². The lowest BCUT2D eigenvalue weighted by atomic mass is 10.0. The van der Waals surface area contributed by atoms with Crippen molar-refractivity contribution in [2.75, 3.05) is 6.54 Å². The highest BCUT2D eigenvalue weighted by Gasteiger charge is 2.19. The highest BCUT2D eigenvalue weighted by Crippen LogP contribution is 2.24. The van der Waals surface area contributed by atoms with Crippen molar-refractivity contribution in [2.45, 2.75) is 32.7 Å². The number of carbonyl (C=O) groups is 3. The van der Waals surface area contributed by atoms with Crippen LogP contribution in [0.15, 0.2) is 18.2 Å². The summed E-state index contributed by atoms with van der Waals surface area (Å²) in [6, 6.07) is 4.28. The number of benzene rings is 1. The smallest absolute Gasteiger partial charge is 0.236 e. The summed E-state index contributed by atoms with van der Waals surface area (Å²) >= 11 is 12.0. The molecule has 1 aromatic rings. The molecule has 0 aliphatic rings. The second-order valence-electron chi connectivity index (χ2n) is 6.28.